The molecule has 9 nitrogen and oxygen atoms in total. The fraction of sp³-hybridized carbons (Fsp3) is 0.385. The van der Waals surface area contributed by atoms with Crippen molar-refractivity contribution >= 4 is 17.3 Å². The Balaban J connectivity index is 1.34. The number of fused-ring (bicyclic) bond motifs is 8. The summed E-state index contributed by atoms with van der Waals surface area (Å²) in [6.07, 6.45) is 3.63. The number of piperidine rings is 1. The molecule has 1 aromatic carbocycles. The van der Waals surface area contributed by atoms with Gasteiger partial charge in [-0.2, -0.15) is 5.23 Å². The number of pyridine rings is 1. The van der Waals surface area contributed by atoms with Crippen molar-refractivity contribution < 1.29 is 19.6 Å². The second-order valence-electron chi connectivity index (χ2n) is 9.81. The smallest absolute Gasteiger partial charge is 0.250 e. The maximum absolute atomic E-state index is 13.5. The number of furan rings is 1. The first-order valence-corrected chi connectivity index (χ1v) is 12.1. The van der Waals surface area contributed by atoms with Gasteiger partial charge >= 0.3 is 0 Å². The molecule has 9 heteroatoms. The van der Waals surface area contributed by atoms with Gasteiger partial charge in [-0.3, -0.25) is 9.59 Å². The number of nitrogens with one attached hydrogen (secondary N) is 2. The number of hydrogen-bond donors (Lipinski definition) is 3. The Kier molecular flexibility index (Phi) is 5.47. The minimum absolute atomic E-state index is 0.00686. The van der Waals surface area contributed by atoms with Gasteiger partial charge in [0.2, 0.25) is 5.91 Å². The zero-order valence-electron chi connectivity index (χ0n) is 19.2. The fourth-order valence-corrected chi connectivity index (χ4v) is 6.38. The lowest BCUT2D eigenvalue weighted by Crippen LogP contribution is -2.99. The second-order valence-corrected chi connectivity index (χ2v) is 9.81. The van der Waals surface area contributed by atoms with E-state index in [2.05, 4.69) is 10.2 Å². The lowest BCUT2D eigenvalue weighted by Gasteiger charge is -2.54. The molecule has 0 spiro atoms. The number of quaternary nitrogens is 1. The van der Waals surface area contributed by atoms with E-state index in [1.54, 1.807) is 24.5 Å². The summed E-state index contributed by atoms with van der Waals surface area (Å²) in [6, 6.07) is 14.3. The first-order valence-electron chi connectivity index (χ1n) is 12.1. The Morgan fingerprint density at radius 3 is 2.89 bits per heavy atom. The van der Waals surface area contributed by atoms with Crippen molar-refractivity contribution in [1.29, 1.82) is 0 Å². The van der Waals surface area contributed by atoms with Crippen LogP contribution >= 0.6 is 0 Å². The van der Waals surface area contributed by atoms with Crippen LogP contribution in [0.15, 0.2) is 64.0 Å². The summed E-state index contributed by atoms with van der Waals surface area (Å²) in [7, 11) is 0. The predicted octanol–water partition coefficient (Wildman–Crippen LogP) is 1.37. The van der Waals surface area contributed by atoms with Gasteiger partial charge in [0, 0.05) is 67.6 Å². The lowest BCUT2D eigenvalue weighted by atomic mass is 9.70. The summed E-state index contributed by atoms with van der Waals surface area (Å²) in [5.74, 6) is 0.773. The Hall–Kier alpha value is -3.40. The van der Waals surface area contributed by atoms with Gasteiger partial charge in [0.25, 0.3) is 5.56 Å². The third-order valence-electron chi connectivity index (χ3n) is 7.84. The summed E-state index contributed by atoms with van der Waals surface area (Å²) in [5.41, 5.74) is 3.17. The zero-order valence-corrected chi connectivity index (χ0v) is 19.2. The fourth-order valence-electron chi connectivity index (χ4n) is 6.38. The average molecular weight is 477 g/mol. The molecule has 6 rings (SSSR count). The summed E-state index contributed by atoms with van der Waals surface area (Å²) >= 11 is 0. The molecular weight excluding hydrogens is 448 g/mol. The monoisotopic (exact) mass is 476 g/mol. The van der Waals surface area contributed by atoms with Crippen LogP contribution in [0.4, 0.5) is 11.4 Å². The highest BCUT2D eigenvalue weighted by atomic mass is 16.8. The van der Waals surface area contributed by atoms with Gasteiger partial charge < -0.3 is 24.4 Å². The van der Waals surface area contributed by atoms with E-state index in [1.807, 2.05) is 34.9 Å². The molecule has 5 unspecified atom stereocenters. The van der Waals surface area contributed by atoms with Gasteiger partial charge in [-0.1, -0.05) is 6.07 Å². The molecule has 0 aliphatic carbocycles. The molecular formula is C26H28N4O5. The molecule has 3 aliphatic rings. The van der Waals surface area contributed by atoms with E-state index in [-0.39, 0.29) is 40.9 Å². The van der Waals surface area contributed by atoms with Crippen LogP contribution in [-0.2, 0) is 24.2 Å². The molecule has 0 saturated carbocycles. The number of carbonyl (C=O) groups is 1. The highest BCUT2D eigenvalue weighted by Crippen LogP contribution is 2.47. The number of hydrogen-bond acceptors (Lipinski definition) is 6. The molecule has 1 fully saturated rings. The standard InChI is InChI=1S/C26H28N4O5/c31-24-5-1-4-22-17-11-18(15-28(22)24)25-21(26(32)27-9-8-20-3-2-10-35-20)13-16-12-19(30(33)34)6-7-23(16)29(25)14-17/h1-7,10,12,17-18,21,25,30,33H,8-9,11,13-15H2,(H,27,32). The summed E-state index contributed by atoms with van der Waals surface area (Å²) in [5, 5.41) is 23.3. The lowest BCUT2D eigenvalue weighted by molar-refractivity contribution is -0.991. The molecule has 2 aromatic heterocycles. The Morgan fingerprint density at radius 1 is 1.20 bits per heavy atom. The third-order valence-corrected chi connectivity index (χ3v) is 7.84. The van der Waals surface area contributed by atoms with E-state index >= 15 is 0 Å². The first-order chi connectivity index (χ1) is 17.0. The molecule has 35 heavy (non-hydrogen) atoms. The molecule has 1 amide bonds. The van der Waals surface area contributed by atoms with Crippen molar-refractivity contribution in [2.24, 2.45) is 11.8 Å². The van der Waals surface area contributed by atoms with Crippen molar-refractivity contribution in [2.45, 2.75) is 37.8 Å². The summed E-state index contributed by atoms with van der Waals surface area (Å²) < 4.78 is 7.26. The van der Waals surface area contributed by atoms with Crippen molar-refractivity contribution in [3.63, 3.8) is 0 Å². The number of nitrogens with zero attached hydrogens (tertiary/aromatic N) is 2. The topological polar surface area (TPSA) is 115 Å². The van der Waals surface area contributed by atoms with Gasteiger partial charge in [0.1, 0.15) is 5.76 Å². The van der Waals surface area contributed by atoms with Crippen LogP contribution in [0.25, 0.3) is 0 Å². The van der Waals surface area contributed by atoms with E-state index in [0.717, 1.165) is 29.1 Å². The second kappa shape index (κ2) is 8.67. The quantitative estimate of drug-likeness (QED) is 0.479. The highest BCUT2D eigenvalue weighted by Gasteiger charge is 2.49. The average Bonchev–Trinajstić information content (AvgIpc) is 3.37. The largest absolute Gasteiger partial charge is 0.595 e. The van der Waals surface area contributed by atoms with E-state index in [1.165, 1.54) is 0 Å². The van der Waals surface area contributed by atoms with Gasteiger partial charge in [0.15, 0.2) is 5.69 Å². The van der Waals surface area contributed by atoms with Gasteiger partial charge in [-0.15, -0.1) is 0 Å². The molecule has 3 aromatic rings. The number of amides is 1. The minimum atomic E-state index is -0.974. The van der Waals surface area contributed by atoms with Crippen LogP contribution in [0.2, 0.25) is 0 Å². The number of carbonyl (C=O) groups excluding carboxylic acids is 1. The Morgan fingerprint density at radius 2 is 2.09 bits per heavy atom. The number of rotatable bonds is 5. The molecule has 5 atom stereocenters. The van der Waals surface area contributed by atoms with Crippen LogP contribution in [-0.4, -0.2) is 34.8 Å². The third kappa shape index (κ3) is 3.85. The maximum Gasteiger partial charge on any atom is 0.250 e. The molecule has 2 bridgehead atoms. The molecule has 3 N–H and O–H groups in total. The zero-order chi connectivity index (χ0) is 24.1. The van der Waals surface area contributed by atoms with Crippen LogP contribution in [0, 0.1) is 17.0 Å². The normalized spacial score (nSPS) is 25.3. The van der Waals surface area contributed by atoms with Gasteiger partial charge in [-0.25, -0.2) is 5.21 Å². The van der Waals surface area contributed by atoms with E-state index < -0.39 is 5.23 Å². The van der Waals surface area contributed by atoms with E-state index in [4.69, 9.17) is 4.42 Å². The van der Waals surface area contributed by atoms with Crippen molar-refractivity contribution in [2.75, 3.05) is 18.0 Å². The van der Waals surface area contributed by atoms with E-state index in [0.29, 0.717) is 32.5 Å². The Bertz CT molecular complexity index is 1300. The van der Waals surface area contributed by atoms with Crippen LogP contribution in [0.3, 0.4) is 0 Å². The highest BCUT2D eigenvalue weighted by molar-refractivity contribution is 5.82. The maximum atomic E-state index is 13.5. The number of anilines is 1. The number of benzene rings is 1. The SMILES string of the molecule is O=C(NCCc1ccco1)C1Cc2cc([NH+]([O-])O)ccc2N2CC3CC(Cn4c3cccc4=O)C12. The van der Waals surface area contributed by atoms with Crippen LogP contribution in [0.5, 0.6) is 0 Å². The van der Waals surface area contributed by atoms with Crippen LogP contribution < -0.4 is 21.0 Å². The van der Waals surface area contributed by atoms with E-state index in [9.17, 15) is 20.0 Å². The predicted molar refractivity (Wildman–Crippen MR) is 128 cm³/mol. The first kappa shape index (κ1) is 22.1. The summed E-state index contributed by atoms with van der Waals surface area (Å²) in [4.78, 5) is 28.5. The van der Waals surface area contributed by atoms with Gasteiger partial charge in [-0.05, 0) is 48.6 Å². The van der Waals surface area contributed by atoms with Crippen molar-refractivity contribution in [3.05, 3.63) is 87.4 Å². The molecule has 0 radical (unpaired) electrons. The van der Waals surface area contributed by atoms with Crippen molar-refractivity contribution in [1.82, 2.24) is 9.88 Å². The molecule has 1 saturated heterocycles. The van der Waals surface area contributed by atoms with Crippen molar-refractivity contribution in [3.8, 4) is 0 Å². The molecule has 5 heterocycles. The van der Waals surface area contributed by atoms with Gasteiger partial charge in [0.05, 0.1) is 12.2 Å². The Labute approximate surface area is 202 Å². The minimum Gasteiger partial charge on any atom is -0.595 e. The summed E-state index contributed by atoms with van der Waals surface area (Å²) in [6.45, 7) is 1.75. The molecule has 3 aliphatic heterocycles. The van der Waals surface area contributed by atoms with Crippen LogP contribution in [0.1, 0.15) is 29.4 Å². The number of aromatic nitrogens is 1. The molecule has 182 valence electrons.